The summed E-state index contributed by atoms with van der Waals surface area (Å²) in [5, 5.41) is 0. The van der Waals surface area contributed by atoms with Crippen LogP contribution in [0, 0.1) is 5.41 Å². The van der Waals surface area contributed by atoms with Gasteiger partial charge >= 0.3 is 0 Å². The number of hydrogen-bond acceptors (Lipinski definition) is 2. The summed E-state index contributed by atoms with van der Waals surface area (Å²) < 4.78 is 0. The number of piperidine rings is 1. The molecule has 0 bridgehead atoms. The molecular formula is C13H21NO. The summed E-state index contributed by atoms with van der Waals surface area (Å²) in [4.78, 5) is 13.9. The number of carbonyl (C=O) groups is 1. The second kappa shape index (κ2) is 3.58. The molecule has 1 saturated heterocycles. The lowest BCUT2D eigenvalue weighted by atomic mass is 9.63. The Morgan fingerprint density at radius 1 is 1.13 bits per heavy atom. The first-order chi connectivity index (χ1) is 7.27. The van der Waals surface area contributed by atoms with Crippen LogP contribution in [0.2, 0.25) is 0 Å². The molecule has 2 heteroatoms. The molecule has 0 aromatic rings. The molecule has 84 valence electrons. The van der Waals surface area contributed by atoms with Crippen molar-refractivity contribution in [3.05, 3.63) is 0 Å². The lowest BCUT2D eigenvalue weighted by molar-refractivity contribution is -0.117. The monoisotopic (exact) mass is 207 g/mol. The third kappa shape index (κ3) is 1.73. The third-order valence-electron chi connectivity index (χ3n) is 5.01. The number of likely N-dealkylation sites (tertiary alicyclic amines) is 1. The van der Waals surface area contributed by atoms with E-state index in [9.17, 15) is 4.79 Å². The molecule has 1 spiro atoms. The van der Waals surface area contributed by atoms with Crippen LogP contribution in [-0.4, -0.2) is 29.8 Å². The van der Waals surface area contributed by atoms with Gasteiger partial charge in [0, 0.05) is 18.9 Å². The predicted octanol–water partition coefficient (Wildman–Crippen LogP) is 2.37. The van der Waals surface area contributed by atoms with E-state index in [1.54, 1.807) is 0 Å². The largest absolute Gasteiger partial charge is 0.300 e. The fourth-order valence-electron chi connectivity index (χ4n) is 3.65. The molecule has 1 atom stereocenters. The fourth-order valence-corrected chi connectivity index (χ4v) is 3.65. The van der Waals surface area contributed by atoms with Crippen molar-refractivity contribution in [1.82, 2.24) is 4.90 Å². The molecule has 2 nitrogen and oxygen atoms in total. The summed E-state index contributed by atoms with van der Waals surface area (Å²) in [5.41, 5.74) is 0.749. The number of ketones is 1. The number of nitrogens with zero attached hydrogens (tertiary/aromatic N) is 1. The predicted molar refractivity (Wildman–Crippen MR) is 59.7 cm³/mol. The van der Waals surface area contributed by atoms with Gasteiger partial charge in [0.05, 0.1) is 0 Å². The SMILES string of the molecule is O=C1CCC(N2CCC3(CCC3)CC2)C1. The molecule has 3 aliphatic rings. The summed E-state index contributed by atoms with van der Waals surface area (Å²) in [5.74, 6) is 0.490. The van der Waals surface area contributed by atoms with Crippen molar-refractivity contribution < 1.29 is 4.79 Å². The molecule has 0 amide bonds. The van der Waals surface area contributed by atoms with E-state index in [1.807, 2.05) is 0 Å². The van der Waals surface area contributed by atoms with Crippen LogP contribution >= 0.6 is 0 Å². The minimum atomic E-state index is 0.490. The first kappa shape index (κ1) is 9.83. The summed E-state index contributed by atoms with van der Waals surface area (Å²) >= 11 is 0. The van der Waals surface area contributed by atoms with E-state index in [0.29, 0.717) is 11.8 Å². The van der Waals surface area contributed by atoms with Crippen LogP contribution in [0.1, 0.15) is 51.4 Å². The zero-order chi connectivity index (χ0) is 10.3. The normalized spacial score (nSPS) is 35.7. The van der Waals surface area contributed by atoms with Crippen LogP contribution in [0.3, 0.4) is 0 Å². The van der Waals surface area contributed by atoms with Crippen molar-refractivity contribution in [2.45, 2.75) is 57.4 Å². The van der Waals surface area contributed by atoms with Gasteiger partial charge in [-0.25, -0.2) is 0 Å². The lowest BCUT2D eigenvalue weighted by Gasteiger charge is -2.49. The molecular weight excluding hydrogens is 186 g/mol. The van der Waals surface area contributed by atoms with Crippen LogP contribution in [0.15, 0.2) is 0 Å². The molecule has 1 unspecified atom stereocenters. The average molecular weight is 207 g/mol. The molecule has 3 rings (SSSR count). The molecule has 0 N–H and O–H groups in total. The third-order valence-corrected chi connectivity index (χ3v) is 5.01. The van der Waals surface area contributed by atoms with Gasteiger partial charge in [0.2, 0.25) is 0 Å². The zero-order valence-corrected chi connectivity index (χ0v) is 9.50. The van der Waals surface area contributed by atoms with Crippen molar-refractivity contribution in [3.8, 4) is 0 Å². The second-order valence-electron chi connectivity index (χ2n) is 5.82. The smallest absolute Gasteiger partial charge is 0.134 e. The van der Waals surface area contributed by atoms with Gasteiger partial charge < -0.3 is 0 Å². The first-order valence-corrected chi connectivity index (χ1v) is 6.53. The Kier molecular flexibility index (Phi) is 2.35. The van der Waals surface area contributed by atoms with Gasteiger partial charge in [0.15, 0.2) is 0 Å². The van der Waals surface area contributed by atoms with Gasteiger partial charge in [0.1, 0.15) is 5.78 Å². The molecule has 3 fully saturated rings. The standard InChI is InChI=1S/C13H21NO/c15-12-3-2-11(10-12)14-8-6-13(7-9-14)4-1-5-13/h11H,1-10H2. The Labute approximate surface area is 92.0 Å². The topological polar surface area (TPSA) is 20.3 Å². The number of hydrogen-bond donors (Lipinski definition) is 0. The van der Waals surface area contributed by atoms with Crippen LogP contribution in [0.4, 0.5) is 0 Å². The minimum absolute atomic E-state index is 0.490. The maximum absolute atomic E-state index is 11.3. The van der Waals surface area contributed by atoms with Gasteiger partial charge in [0.25, 0.3) is 0 Å². The highest BCUT2D eigenvalue weighted by Gasteiger charge is 2.41. The van der Waals surface area contributed by atoms with E-state index in [0.717, 1.165) is 24.7 Å². The zero-order valence-electron chi connectivity index (χ0n) is 9.50. The molecule has 1 heterocycles. The van der Waals surface area contributed by atoms with E-state index in [2.05, 4.69) is 4.90 Å². The van der Waals surface area contributed by atoms with Crippen LogP contribution in [0.5, 0.6) is 0 Å². The van der Waals surface area contributed by atoms with Crippen molar-refractivity contribution in [1.29, 1.82) is 0 Å². The number of carbonyl (C=O) groups excluding carboxylic acids is 1. The minimum Gasteiger partial charge on any atom is -0.300 e. The molecule has 0 radical (unpaired) electrons. The molecule has 2 saturated carbocycles. The molecule has 0 aromatic heterocycles. The maximum Gasteiger partial charge on any atom is 0.134 e. The van der Waals surface area contributed by atoms with Gasteiger partial charge in [-0.2, -0.15) is 0 Å². The highest BCUT2D eigenvalue weighted by atomic mass is 16.1. The van der Waals surface area contributed by atoms with Crippen LogP contribution in [-0.2, 0) is 4.79 Å². The number of Topliss-reactive ketones (excluding diaryl/α,β-unsaturated/α-hetero) is 1. The Bertz CT molecular complexity index is 260. The van der Waals surface area contributed by atoms with E-state index in [1.165, 1.54) is 45.2 Å². The Hall–Kier alpha value is -0.370. The van der Waals surface area contributed by atoms with Crippen molar-refractivity contribution in [3.63, 3.8) is 0 Å². The summed E-state index contributed by atoms with van der Waals surface area (Å²) in [6.45, 7) is 2.52. The average Bonchev–Trinajstić information content (AvgIpc) is 2.63. The van der Waals surface area contributed by atoms with E-state index >= 15 is 0 Å². The van der Waals surface area contributed by atoms with Crippen molar-refractivity contribution in [2.75, 3.05) is 13.1 Å². The maximum atomic E-state index is 11.3. The van der Waals surface area contributed by atoms with Crippen LogP contribution < -0.4 is 0 Å². The van der Waals surface area contributed by atoms with E-state index in [-0.39, 0.29) is 0 Å². The molecule has 1 aliphatic heterocycles. The number of rotatable bonds is 1. The lowest BCUT2D eigenvalue weighted by Crippen LogP contribution is -2.46. The van der Waals surface area contributed by atoms with E-state index in [4.69, 9.17) is 0 Å². The Morgan fingerprint density at radius 3 is 2.33 bits per heavy atom. The first-order valence-electron chi connectivity index (χ1n) is 6.53. The summed E-state index contributed by atoms with van der Waals surface area (Å²) in [7, 11) is 0. The van der Waals surface area contributed by atoms with Gasteiger partial charge in [-0.15, -0.1) is 0 Å². The van der Waals surface area contributed by atoms with Crippen molar-refractivity contribution in [2.24, 2.45) is 5.41 Å². The van der Waals surface area contributed by atoms with Gasteiger partial charge in [-0.05, 0) is 50.6 Å². The van der Waals surface area contributed by atoms with E-state index < -0.39 is 0 Å². The van der Waals surface area contributed by atoms with Gasteiger partial charge in [-0.1, -0.05) is 6.42 Å². The second-order valence-corrected chi connectivity index (χ2v) is 5.82. The Balaban J connectivity index is 1.55. The summed E-state index contributed by atoms with van der Waals surface area (Å²) in [6.07, 6.45) is 10.0. The van der Waals surface area contributed by atoms with Crippen LogP contribution in [0.25, 0.3) is 0 Å². The molecule has 15 heavy (non-hydrogen) atoms. The molecule has 2 aliphatic carbocycles. The Morgan fingerprint density at radius 2 is 1.87 bits per heavy atom. The fraction of sp³-hybridized carbons (Fsp3) is 0.923. The quantitative estimate of drug-likeness (QED) is 0.658. The van der Waals surface area contributed by atoms with Crippen molar-refractivity contribution >= 4 is 5.78 Å². The highest BCUT2D eigenvalue weighted by molar-refractivity contribution is 5.81. The highest BCUT2D eigenvalue weighted by Crippen LogP contribution is 2.49. The van der Waals surface area contributed by atoms with Gasteiger partial charge in [-0.3, -0.25) is 9.69 Å². The summed E-state index contributed by atoms with van der Waals surface area (Å²) in [6, 6.07) is 0.606. The molecule has 0 aromatic carbocycles.